The average Bonchev–Trinajstić information content (AvgIpc) is 2.60. The Morgan fingerprint density at radius 3 is 2.38 bits per heavy atom. The Morgan fingerprint density at radius 2 is 1.79 bits per heavy atom. The lowest BCUT2D eigenvalue weighted by atomic mass is 10.0. The lowest BCUT2D eigenvalue weighted by molar-refractivity contribution is -0.137. The predicted octanol–water partition coefficient (Wildman–Crippen LogP) is 2.65. The van der Waals surface area contributed by atoms with Gasteiger partial charge in [-0.15, -0.1) is 0 Å². The number of hydrogen-bond acceptors (Lipinski definition) is 4. The first-order chi connectivity index (χ1) is 11.5. The maximum atomic E-state index is 12.6. The van der Waals surface area contributed by atoms with E-state index in [1.165, 1.54) is 14.2 Å². The molecule has 6 nitrogen and oxygen atoms in total. The van der Waals surface area contributed by atoms with Crippen molar-refractivity contribution in [2.24, 2.45) is 0 Å². The van der Waals surface area contributed by atoms with Crippen LogP contribution < -0.4 is 14.8 Å². The van der Waals surface area contributed by atoms with Gasteiger partial charge in [0.05, 0.1) is 32.2 Å². The number of methoxy groups -OCH3 is 2. The van der Waals surface area contributed by atoms with Crippen LogP contribution in [0.15, 0.2) is 48.5 Å². The number of carbonyl (C=O) groups excluding carboxylic acids is 1. The van der Waals surface area contributed by atoms with Gasteiger partial charge in [-0.3, -0.25) is 9.59 Å². The molecule has 126 valence electrons. The molecule has 1 atom stereocenters. The molecule has 0 unspecified atom stereocenters. The topological polar surface area (TPSA) is 84.9 Å². The Hall–Kier alpha value is -3.02. The Kier molecular flexibility index (Phi) is 5.78. The van der Waals surface area contributed by atoms with Crippen LogP contribution >= 0.6 is 0 Å². The van der Waals surface area contributed by atoms with Crippen LogP contribution in [0, 0.1) is 0 Å². The van der Waals surface area contributed by atoms with Crippen molar-refractivity contribution >= 4 is 11.9 Å². The zero-order chi connectivity index (χ0) is 17.5. The van der Waals surface area contributed by atoms with Crippen LogP contribution in [0.4, 0.5) is 0 Å². The van der Waals surface area contributed by atoms with Crippen LogP contribution in [0.2, 0.25) is 0 Å². The monoisotopic (exact) mass is 329 g/mol. The number of hydrogen-bond donors (Lipinski definition) is 2. The van der Waals surface area contributed by atoms with Gasteiger partial charge in [-0.2, -0.15) is 0 Å². The fourth-order valence-electron chi connectivity index (χ4n) is 2.33. The quantitative estimate of drug-likeness (QED) is 0.816. The van der Waals surface area contributed by atoms with Gasteiger partial charge in [-0.05, 0) is 17.7 Å². The highest BCUT2D eigenvalue weighted by atomic mass is 16.5. The largest absolute Gasteiger partial charge is 0.497 e. The van der Waals surface area contributed by atoms with Gasteiger partial charge in [0.2, 0.25) is 0 Å². The first-order valence-electron chi connectivity index (χ1n) is 7.34. The van der Waals surface area contributed by atoms with E-state index in [1.54, 1.807) is 42.5 Å². The van der Waals surface area contributed by atoms with E-state index in [-0.39, 0.29) is 6.42 Å². The van der Waals surface area contributed by atoms with Gasteiger partial charge in [-0.25, -0.2) is 0 Å². The minimum absolute atomic E-state index is 0.214. The number of carbonyl (C=O) groups is 2. The molecule has 0 saturated heterocycles. The van der Waals surface area contributed by atoms with E-state index < -0.39 is 17.9 Å². The van der Waals surface area contributed by atoms with E-state index in [0.29, 0.717) is 17.1 Å². The number of carboxylic acids is 1. The summed E-state index contributed by atoms with van der Waals surface area (Å²) < 4.78 is 10.3. The van der Waals surface area contributed by atoms with Crippen molar-refractivity contribution in [2.45, 2.75) is 12.5 Å². The van der Waals surface area contributed by atoms with Gasteiger partial charge in [0.15, 0.2) is 0 Å². The first kappa shape index (κ1) is 17.3. The normalized spacial score (nSPS) is 11.4. The smallest absolute Gasteiger partial charge is 0.305 e. The molecule has 0 aliphatic heterocycles. The van der Waals surface area contributed by atoms with Gasteiger partial charge in [0.1, 0.15) is 11.5 Å². The van der Waals surface area contributed by atoms with Crippen molar-refractivity contribution in [3.8, 4) is 11.5 Å². The minimum Gasteiger partial charge on any atom is -0.497 e. The summed E-state index contributed by atoms with van der Waals surface area (Å²) in [5.41, 5.74) is 1.03. The highest BCUT2D eigenvalue weighted by Gasteiger charge is 2.21. The molecule has 0 heterocycles. The summed E-state index contributed by atoms with van der Waals surface area (Å²) in [6, 6.07) is 13.2. The van der Waals surface area contributed by atoms with Gasteiger partial charge >= 0.3 is 5.97 Å². The van der Waals surface area contributed by atoms with Crippen LogP contribution in [0.1, 0.15) is 28.4 Å². The fourth-order valence-corrected chi connectivity index (χ4v) is 2.33. The van der Waals surface area contributed by atoms with Crippen molar-refractivity contribution < 1.29 is 24.2 Å². The van der Waals surface area contributed by atoms with Crippen LogP contribution in [-0.2, 0) is 4.79 Å². The second kappa shape index (κ2) is 8.01. The molecular weight excluding hydrogens is 310 g/mol. The summed E-state index contributed by atoms with van der Waals surface area (Å²) in [6.07, 6.45) is -0.214. The van der Waals surface area contributed by atoms with Crippen LogP contribution in [0.25, 0.3) is 0 Å². The standard InChI is InChI=1S/C18H19NO5/c1-23-13-8-9-14(16(10-13)24-2)18(22)19-15(11-17(20)21)12-6-4-3-5-7-12/h3-10,15H,11H2,1-2H3,(H,19,22)(H,20,21)/t15-/m1/s1. The molecule has 2 aromatic rings. The summed E-state index contributed by atoms with van der Waals surface area (Å²) in [5.74, 6) is -0.488. The molecule has 24 heavy (non-hydrogen) atoms. The van der Waals surface area contributed by atoms with Gasteiger partial charge in [-0.1, -0.05) is 30.3 Å². The van der Waals surface area contributed by atoms with Crippen molar-refractivity contribution in [1.29, 1.82) is 0 Å². The molecule has 0 aliphatic rings. The van der Waals surface area contributed by atoms with Crippen molar-refractivity contribution in [3.63, 3.8) is 0 Å². The molecule has 0 spiro atoms. The molecular formula is C18H19NO5. The van der Waals surface area contributed by atoms with Crippen molar-refractivity contribution in [2.75, 3.05) is 14.2 Å². The summed E-state index contributed by atoms with van der Waals surface area (Å²) in [6.45, 7) is 0. The van der Waals surface area contributed by atoms with Gasteiger partial charge in [0, 0.05) is 6.07 Å². The molecule has 0 bridgehead atoms. The lowest BCUT2D eigenvalue weighted by Gasteiger charge is -2.18. The zero-order valence-corrected chi connectivity index (χ0v) is 13.5. The maximum absolute atomic E-state index is 12.6. The third-order valence-corrected chi connectivity index (χ3v) is 3.54. The van der Waals surface area contributed by atoms with Crippen LogP contribution in [0.3, 0.4) is 0 Å². The SMILES string of the molecule is COc1ccc(C(=O)N[C@H](CC(=O)O)c2ccccc2)c(OC)c1. The minimum atomic E-state index is -0.995. The fraction of sp³-hybridized carbons (Fsp3) is 0.222. The van der Waals surface area contributed by atoms with Crippen LogP contribution in [0.5, 0.6) is 11.5 Å². The molecule has 0 aliphatic carbocycles. The maximum Gasteiger partial charge on any atom is 0.305 e. The van der Waals surface area contributed by atoms with Gasteiger partial charge < -0.3 is 19.9 Å². The molecule has 1 amide bonds. The molecule has 6 heteroatoms. The highest BCUT2D eigenvalue weighted by Crippen LogP contribution is 2.26. The molecule has 0 saturated carbocycles. The lowest BCUT2D eigenvalue weighted by Crippen LogP contribution is -2.30. The third kappa shape index (κ3) is 4.25. The second-order valence-electron chi connectivity index (χ2n) is 5.10. The van der Waals surface area contributed by atoms with Crippen molar-refractivity contribution in [3.05, 3.63) is 59.7 Å². The Labute approximate surface area is 140 Å². The number of amides is 1. The van der Waals surface area contributed by atoms with Gasteiger partial charge in [0.25, 0.3) is 5.91 Å². The van der Waals surface area contributed by atoms with E-state index in [4.69, 9.17) is 14.6 Å². The Morgan fingerprint density at radius 1 is 1.08 bits per heavy atom. The highest BCUT2D eigenvalue weighted by molar-refractivity contribution is 5.97. The molecule has 0 aromatic heterocycles. The van der Waals surface area contributed by atoms with E-state index in [2.05, 4.69) is 5.32 Å². The third-order valence-electron chi connectivity index (χ3n) is 3.54. The summed E-state index contributed by atoms with van der Waals surface area (Å²) in [5, 5.41) is 11.9. The summed E-state index contributed by atoms with van der Waals surface area (Å²) in [4.78, 5) is 23.7. The second-order valence-corrected chi connectivity index (χ2v) is 5.10. The molecule has 2 rings (SSSR count). The number of ether oxygens (including phenoxy) is 2. The Balaban J connectivity index is 2.26. The zero-order valence-electron chi connectivity index (χ0n) is 13.5. The van der Waals surface area contributed by atoms with E-state index >= 15 is 0 Å². The number of benzene rings is 2. The number of rotatable bonds is 7. The number of nitrogens with one attached hydrogen (secondary N) is 1. The first-order valence-corrected chi connectivity index (χ1v) is 7.34. The molecule has 0 radical (unpaired) electrons. The van der Waals surface area contributed by atoms with Crippen molar-refractivity contribution in [1.82, 2.24) is 5.32 Å². The molecule has 2 aromatic carbocycles. The molecule has 0 fully saturated rings. The van der Waals surface area contributed by atoms with E-state index in [0.717, 1.165) is 5.56 Å². The number of carboxylic acid groups (broad SMARTS) is 1. The van der Waals surface area contributed by atoms with Crippen LogP contribution in [-0.4, -0.2) is 31.2 Å². The van der Waals surface area contributed by atoms with E-state index in [9.17, 15) is 9.59 Å². The molecule has 2 N–H and O–H groups in total. The summed E-state index contributed by atoms with van der Waals surface area (Å²) in [7, 11) is 2.98. The number of aliphatic carboxylic acids is 1. The summed E-state index contributed by atoms with van der Waals surface area (Å²) >= 11 is 0. The Bertz CT molecular complexity index is 715. The van der Waals surface area contributed by atoms with E-state index in [1.807, 2.05) is 6.07 Å². The average molecular weight is 329 g/mol. The predicted molar refractivity (Wildman–Crippen MR) is 88.4 cm³/mol.